The number of nitro benzene ring substituents is 1. The maximum absolute atomic E-state index is 13.1. The molecular weight excluding hydrogens is 509 g/mol. The van der Waals surface area contributed by atoms with Crippen LogP contribution < -0.4 is 10.1 Å². The minimum atomic E-state index is -4.70. The summed E-state index contributed by atoms with van der Waals surface area (Å²) in [5, 5.41) is 17.4. The molecule has 0 fully saturated rings. The number of non-ortho nitro benzene ring substituents is 1. The summed E-state index contributed by atoms with van der Waals surface area (Å²) in [6, 6.07) is 9.58. The van der Waals surface area contributed by atoms with Crippen LogP contribution in [0.25, 0.3) is 0 Å². The van der Waals surface area contributed by atoms with Crippen LogP contribution in [-0.2, 0) is 11.0 Å². The van der Waals surface area contributed by atoms with Crippen LogP contribution in [0.2, 0.25) is 0 Å². The van der Waals surface area contributed by atoms with E-state index in [0.29, 0.717) is 5.75 Å². The minimum absolute atomic E-state index is 0.0450. The number of carbonyl (C=O) groups excluding carboxylic acids is 1. The van der Waals surface area contributed by atoms with Crippen LogP contribution in [0, 0.1) is 24.0 Å². The Morgan fingerprint density at radius 2 is 1.91 bits per heavy atom. The van der Waals surface area contributed by atoms with Crippen molar-refractivity contribution in [1.82, 2.24) is 9.78 Å². The van der Waals surface area contributed by atoms with E-state index in [9.17, 15) is 28.1 Å². The number of anilines is 1. The highest BCUT2D eigenvalue weighted by Crippen LogP contribution is 2.36. The number of nitro groups is 1. The fourth-order valence-electron chi connectivity index (χ4n) is 3.05. The monoisotopic (exact) mass is 526 g/mol. The first-order chi connectivity index (χ1) is 15.4. The zero-order valence-corrected chi connectivity index (χ0v) is 19.2. The largest absolute Gasteiger partial charge is 0.457 e. The van der Waals surface area contributed by atoms with E-state index in [1.807, 2.05) is 13.0 Å². The van der Waals surface area contributed by atoms with Gasteiger partial charge in [-0.2, -0.15) is 18.3 Å². The lowest BCUT2D eigenvalue weighted by molar-refractivity contribution is -0.384. The number of amides is 1. The van der Waals surface area contributed by atoms with E-state index < -0.39 is 28.7 Å². The van der Waals surface area contributed by atoms with Gasteiger partial charge in [0.05, 0.1) is 26.8 Å². The van der Waals surface area contributed by atoms with Gasteiger partial charge in [-0.15, -0.1) is 0 Å². The molecule has 0 aliphatic rings. The van der Waals surface area contributed by atoms with Crippen molar-refractivity contribution in [3.8, 4) is 11.5 Å². The molecule has 0 spiro atoms. The summed E-state index contributed by atoms with van der Waals surface area (Å²) in [5.41, 5.74) is -0.417. The third kappa shape index (κ3) is 5.51. The van der Waals surface area contributed by atoms with E-state index >= 15 is 0 Å². The van der Waals surface area contributed by atoms with Gasteiger partial charge in [0.25, 0.3) is 5.69 Å². The second kappa shape index (κ2) is 9.22. The lowest BCUT2D eigenvalue weighted by Crippen LogP contribution is -2.25. The topological polar surface area (TPSA) is 99.3 Å². The number of aromatic nitrogens is 2. The summed E-state index contributed by atoms with van der Waals surface area (Å²) in [7, 11) is 0. The molecule has 1 N–H and O–H groups in total. The maximum atomic E-state index is 13.1. The van der Waals surface area contributed by atoms with Gasteiger partial charge >= 0.3 is 6.18 Å². The normalized spacial score (nSPS) is 12.3. The molecule has 1 aromatic heterocycles. The molecule has 3 rings (SSSR count). The molecule has 33 heavy (non-hydrogen) atoms. The predicted molar refractivity (Wildman–Crippen MR) is 117 cm³/mol. The molecule has 0 aliphatic carbocycles. The molecule has 0 radical (unpaired) electrons. The molecule has 174 valence electrons. The second-order valence-corrected chi connectivity index (χ2v) is 8.04. The highest BCUT2D eigenvalue weighted by Gasteiger charge is 2.39. The minimum Gasteiger partial charge on any atom is -0.457 e. The third-order valence-electron chi connectivity index (χ3n) is 4.69. The van der Waals surface area contributed by atoms with Crippen LogP contribution in [-0.4, -0.2) is 20.6 Å². The Morgan fingerprint density at radius 3 is 2.48 bits per heavy atom. The molecule has 0 bridgehead atoms. The Bertz CT molecular complexity index is 1230. The lowest BCUT2D eigenvalue weighted by atomic mass is 10.2. The van der Waals surface area contributed by atoms with Crippen LogP contribution in [0.3, 0.4) is 0 Å². The second-order valence-electron chi connectivity index (χ2n) is 7.25. The number of hydrogen-bond acceptors (Lipinski definition) is 5. The summed E-state index contributed by atoms with van der Waals surface area (Å²) in [6.45, 7) is 4.61. The summed E-state index contributed by atoms with van der Waals surface area (Å²) in [6.07, 6.45) is -4.70. The summed E-state index contributed by atoms with van der Waals surface area (Å²) in [4.78, 5) is 23.4. The number of rotatable bonds is 6. The lowest BCUT2D eigenvalue weighted by Gasteiger charge is -2.15. The van der Waals surface area contributed by atoms with Gasteiger partial charge in [0.1, 0.15) is 17.5 Å². The van der Waals surface area contributed by atoms with Gasteiger partial charge in [-0.25, -0.2) is 0 Å². The Balaban J connectivity index is 1.88. The van der Waals surface area contributed by atoms with Crippen LogP contribution in [0.1, 0.15) is 29.9 Å². The molecule has 3 aromatic rings. The van der Waals surface area contributed by atoms with Crippen molar-refractivity contribution < 1.29 is 27.6 Å². The first-order valence-corrected chi connectivity index (χ1v) is 10.3. The smallest absolute Gasteiger partial charge is 0.436 e. The van der Waals surface area contributed by atoms with Gasteiger partial charge in [-0.05, 0) is 54.4 Å². The Kier molecular flexibility index (Phi) is 6.77. The zero-order valence-electron chi connectivity index (χ0n) is 17.6. The number of aryl methyl sites for hydroxylation is 1. The highest BCUT2D eigenvalue weighted by molar-refractivity contribution is 9.10. The number of ether oxygens (including phenoxy) is 1. The van der Waals surface area contributed by atoms with E-state index in [1.54, 1.807) is 18.2 Å². The molecule has 2 aromatic carbocycles. The van der Waals surface area contributed by atoms with Gasteiger partial charge in [0.2, 0.25) is 5.91 Å². The molecule has 0 saturated heterocycles. The Hall–Kier alpha value is -3.41. The fraction of sp³-hybridized carbons (Fsp3) is 0.238. The zero-order chi connectivity index (χ0) is 24.5. The first kappa shape index (κ1) is 24.2. The molecule has 12 heteroatoms. The first-order valence-electron chi connectivity index (χ1n) is 9.53. The molecule has 8 nitrogen and oxygen atoms in total. The van der Waals surface area contributed by atoms with Gasteiger partial charge in [0, 0.05) is 12.1 Å². The Labute approximate surface area is 194 Å². The molecule has 0 aliphatic heterocycles. The van der Waals surface area contributed by atoms with Crippen LogP contribution >= 0.6 is 15.9 Å². The SMILES string of the molecule is Cc1cccc(Oc2cc(NC(=O)C(C)n3nc(C(F)(F)F)c(Br)c3C)cc([N+](=O)[O-])c2)c1. The standard InChI is InChI=1S/C21H18BrF3N4O4/c1-11-5-4-6-16(7-11)33-17-9-14(8-15(10-17)29(31)32)26-20(30)13(3)28-12(2)18(22)19(27-28)21(23,24)25/h4-10,13H,1-3H3,(H,26,30). The molecule has 1 unspecified atom stereocenters. The van der Waals surface area contributed by atoms with Crippen molar-refractivity contribution in [3.05, 3.63) is 74.0 Å². The number of hydrogen-bond donors (Lipinski definition) is 1. The number of alkyl halides is 3. The predicted octanol–water partition coefficient (Wildman–Crippen LogP) is 6.18. The number of nitrogens with zero attached hydrogens (tertiary/aromatic N) is 3. The number of halogens is 4. The van der Waals surface area contributed by atoms with Crippen LogP contribution in [0.5, 0.6) is 11.5 Å². The average molecular weight is 527 g/mol. The highest BCUT2D eigenvalue weighted by atomic mass is 79.9. The molecule has 0 saturated carbocycles. The van der Waals surface area contributed by atoms with Crippen molar-refractivity contribution in [3.63, 3.8) is 0 Å². The van der Waals surface area contributed by atoms with E-state index in [-0.39, 0.29) is 27.3 Å². The van der Waals surface area contributed by atoms with Crippen molar-refractivity contribution in [2.75, 3.05) is 5.32 Å². The molecular formula is C21H18BrF3N4O4. The van der Waals surface area contributed by atoms with E-state index in [1.165, 1.54) is 26.0 Å². The van der Waals surface area contributed by atoms with Gasteiger partial charge in [0.15, 0.2) is 5.69 Å². The number of benzene rings is 2. The van der Waals surface area contributed by atoms with Crippen molar-refractivity contribution in [1.29, 1.82) is 0 Å². The van der Waals surface area contributed by atoms with Gasteiger partial charge < -0.3 is 10.1 Å². The van der Waals surface area contributed by atoms with E-state index in [2.05, 4.69) is 26.3 Å². The van der Waals surface area contributed by atoms with Crippen molar-refractivity contribution in [2.45, 2.75) is 33.0 Å². The van der Waals surface area contributed by atoms with Gasteiger partial charge in [-0.1, -0.05) is 12.1 Å². The molecule has 1 amide bonds. The summed E-state index contributed by atoms with van der Waals surface area (Å²) in [5.74, 6) is -0.170. The summed E-state index contributed by atoms with van der Waals surface area (Å²) < 4.78 is 45.8. The fourth-order valence-corrected chi connectivity index (χ4v) is 3.54. The van der Waals surface area contributed by atoms with Crippen molar-refractivity contribution in [2.24, 2.45) is 0 Å². The Morgan fingerprint density at radius 1 is 1.21 bits per heavy atom. The number of nitrogens with one attached hydrogen (secondary N) is 1. The van der Waals surface area contributed by atoms with Gasteiger partial charge in [-0.3, -0.25) is 19.6 Å². The molecule has 1 atom stereocenters. The number of carbonyl (C=O) groups is 1. The summed E-state index contributed by atoms with van der Waals surface area (Å²) >= 11 is 2.87. The molecule has 1 heterocycles. The van der Waals surface area contributed by atoms with E-state index in [0.717, 1.165) is 16.3 Å². The van der Waals surface area contributed by atoms with E-state index in [4.69, 9.17) is 4.74 Å². The average Bonchev–Trinajstić information content (AvgIpc) is 3.02. The van der Waals surface area contributed by atoms with Crippen molar-refractivity contribution >= 4 is 33.2 Å². The quantitative estimate of drug-likeness (QED) is 0.305. The van der Waals surface area contributed by atoms with Crippen LogP contribution in [0.4, 0.5) is 24.5 Å². The third-order valence-corrected chi connectivity index (χ3v) is 5.64. The van der Waals surface area contributed by atoms with Crippen LogP contribution in [0.15, 0.2) is 46.9 Å². The maximum Gasteiger partial charge on any atom is 0.436 e.